The monoisotopic (exact) mass is 248 g/mol. The van der Waals surface area contributed by atoms with Crippen LogP contribution in [0.1, 0.15) is 31.0 Å². The molecule has 1 saturated heterocycles. The number of aromatic nitrogens is 1. The lowest BCUT2D eigenvalue weighted by atomic mass is 9.99. The van der Waals surface area contributed by atoms with E-state index in [9.17, 15) is 0 Å². The highest BCUT2D eigenvalue weighted by molar-refractivity contribution is 6.01. The molecule has 0 saturated carbocycles. The largest absolute Gasteiger partial charge is 0.409 e. The highest BCUT2D eigenvalue weighted by Crippen LogP contribution is 2.24. The zero-order chi connectivity index (χ0) is 13.1. The standard InChI is InChI=1S/C13H20N4O/c1-9-5-7-17(8-6-9)13-11(12(14)16-18)4-3-10(2)15-13/h3-4,9,18H,5-8H2,1-2H3,(H2,14,16). The third-order valence-corrected chi connectivity index (χ3v) is 3.48. The summed E-state index contributed by atoms with van der Waals surface area (Å²) >= 11 is 0. The van der Waals surface area contributed by atoms with Crippen LogP contribution in [-0.4, -0.2) is 29.1 Å². The van der Waals surface area contributed by atoms with E-state index in [2.05, 4.69) is 22.0 Å². The van der Waals surface area contributed by atoms with Gasteiger partial charge in [0.1, 0.15) is 5.82 Å². The van der Waals surface area contributed by atoms with Crippen molar-refractivity contribution >= 4 is 11.7 Å². The van der Waals surface area contributed by atoms with E-state index < -0.39 is 0 Å². The molecule has 1 aromatic heterocycles. The average molecular weight is 248 g/mol. The van der Waals surface area contributed by atoms with Crippen LogP contribution < -0.4 is 10.6 Å². The summed E-state index contributed by atoms with van der Waals surface area (Å²) in [5.74, 6) is 1.71. The number of nitrogens with two attached hydrogens (primary N) is 1. The number of hydrogen-bond donors (Lipinski definition) is 2. The Bertz CT molecular complexity index is 450. The summed E-state index contributed by atoms with van der Waals surface area (Å²) in [7, 11) is 0. The average Bonchev–Trinajstić information content (AvgIpc) is 2.38. The van der Waals surface area contributed by atoms with Gasteiger partial charge in [-0.3, -0.25) is 0 Å². The molecule has 2 rings (SSSR count). The first-order valence-electron chi connectivity index (χ1n) is 6.32. The van der Waals surface area contributed by atoms with Gasteiger partial charge in [0, 0.05) is 18.8 Å². The molecule has 0 spiro atoms. The summed E-state index contributed by atoms with van der Waals surface area (Å²) in [5.41, 5.74) is 7.36. The number of amidine groups is 1. The van der Waals surface area contributed by atoms with Crippen molar-refractivity contribution in [2.75, 3.05) is 18.0 Å². The van der Waals surface area contributed by atoms with Crippen LogP contribution in [0.3, 0.4) is 0 Å². The van der Waals surface area contributed by atoms with Gasteiger partial charge in [-0.25, -0.2) is 4.98 Å². The van der Waals surface area contributed by atoms with Gasteiger partial charge in [0.05, 0.1) is 5.56 Å². The first-order valence-corrected chi connectivity index (χ1v) is 6.32. The van der Waals surface area contributed by atoms with E-state index >= 15 is 0 Å². The predicted octanol–water partition coefficient (Wildman–Crippen LogP) is 1.72. The Morgan fingerprint density at radius 1 is 1.44 bits per heavy atom. The summed E-state index contributed by atoms with van der Waals surface area (Å²) in [5, 5.41) is 11.9. The molecule has 5 nitrogen and oxygen atoms in total. The molecular formula is C13H20N4O. The second-order valence-electron chi connectivity index (χ2n) is 4.98. The van der Waals surface area contributed by atoms with Gasteiger partial charge in [-0.05, 0) is 37.8 Å². The van der Waals surface area contributed by atoms with Crippen molar-refractivity contribution in [3.8, 4) is 0 Å². The van der Waals surface area contributed by atoms with Gasteiger partial charge in [-0.15, -0.1) is 0 Å². The lowest BCUT2D eigenvalue weighted by Crippen LogP contribution is -2.35. The van der Waals surface area contributed by atoms with E-state index in [0.717, 1.165) is 43.4 Å². The third kappa shape index (κ3) is 2.55. The maximum absolute atomic E-state index is 8.84. The highest BCUT2D eigenvalue weighted by Gasteiger charge is 2.20. The number of aryl methyl sites for hydroxylation is 1. The zero-order valence-corrected chi connectivity index (χ0v) is 10.9. The molecule has 0 atom stereocenters. The second-order valence-corrected chi connectivity index (χ2v) is 4.98. The Morgan fingerprint density at radius 2 is 2.11 bits per heavy atom. The fourth-order valence-corrected chi connectivity index (χ4v) is 2.26. The van der Waals surface area contributed by atoms with Gasteiger partial charge in [0.25, 0.3) is 0 Å². The van der Waals surface area contributed by atoms with E-state index in [0.29, 0.717) is 5.56 Å². The Labute approximate surface area is 107 Å². The molecular weight excluding hydrogens is 228 g/mol. The van der Waals surface area contributed by atoms with Gasteiger partial charge in [0.2, 0.25) is 0 Å². The number of oxime groups is 1. The van der Waals surface area contributed by atoms with Gasteiger partial charge < -0.3 is 15.8 Å². The van der Waals surface area contributed by atoms with E-state index in [1.165, 1.54) is 0 Å². The summed E-state index contributed by atoms with van der Waals surface area (Å²) in [4.78, 5) is 6.77. The Kier molecular flexibility index (Phi) is 3.69. The van der Waals surface area contributed by atoms with Crippen LogP contribution in [0.15, 0.2) is 17.3 Å². The number of hydrogen-bond acceptors (Lipinski definition) is 4. The lowest BCUT2D eigenvalue weighted by molar-refractivity contribution is 0.318. The highest BCUT2D eigenvalue weighted by atomic mass is 16.4. The SMILES string of the molecule is Cc1ccc(C(N)=NO)c(N2CCC(C)CC2)n1. The van der Waals surface area contributed by atoms with Gasteiger partial charge >= 0.3 is 0 Å². The molecule has 1 aromatic rings. The molecule has 2 heterocycles. The lowest BCUT2D eigenvalue weighted by Gasteiger charge is -2.32. The minimum atomic E-state index is 0.121. The minimum Gasteiger partial charge on any atom is -0.409 e. The Balaban J connectivity index is 2.33. The summed E-state index contributed by atoms with van der Waals surface area (Å²) in [6.45, 7) is 6.17. The molecule has 0 radical (unpaired) electrons. The molecule has 0 bridgehead atoms. The fourth-order valence-electron chi connectivity index (χ4n) is 2.26. The van der Waals surface area contributed by atoms with Crippen LogP contribution in [0.4, 0.5) is 5.82 Å². The quantitative estimate of drug-likeness (QED) is 0.362. The van der Waals surface area contributed by atoms with Crippen molar-refractivity contribution in [3.63, 3.8) is 0 Å². The molecule has 18 heavy (non-hydrogen) atoms. The van der Waals surface area contributed by atoms with Crippen molar-refractivity contribution in [1.29, 1.82) is 0 Å². The smallest absolute Gasteiger partial charge is 0.173 e. The maximum atomic E-state index is 8.84. The third-order valence-electron chi connectivity index (χ3n) is 3.48. The normalized spacial score (nSPS) is 18.1. The van der Waals surface area contributed by atoms with E-state index in [1.807, 2.05) is 19.1 Å². The van der Waals surface area contributed by atoms with Crippen LogP contribution >= 0.6 is 0 Å². The topological polar surface area (TPSA) is 74.7 Å². The Hall–Kier alpha value is -1.78. The molecule has 3 N–H and O–H groups in total. The number of pyridine rings is 1. The zero-order valence-electron chi connectivity index (χ0n) is 10.9. The molecule has 1 aliphatic rings. The molecule has 98 valence electrons. The van der Waals surface area contributed by atoms with Gasteiger partial charge in [-0.2, -0.15) is 0 Å². The number of anilines is 1. The van der Waals surface area contributed by atoms with E-state index in [-0.39, 0.29) is 5.84 Å². The summed E-state index contributed by atoms with van der Waals surface area (Å²) in [6, 6.07) is 3.74. The molecule has 0 aromatic carbocycles. The first kappa shape index (κ1) is 12.7. The second kappa shape index (κ2) is 5.25. The molecule has 5 heteroatoms. The van der Waals surface area contributed by atoms with Crippen molar-refractivity contribution < 1.29 is 5.21 Å². The van der Waals surface area contributed by atoms with Gasteiger partial charge in [0.15, 0.2) is 5.84 Å². The summed E-state index contributed by atoms with van der Waals surface area (Å²) in [6.07, 6.45) is 2.32. The Morgan fingerprint density at radius 3 is 2.72 bits per heavy atom. The summed E-state index contributed by atoms with van der Waals surface area (Å²) < 4.78 is 0. The number of rotatable bonds is 2. The van der Waals surface area contributed by atoms with Crippen LogP contribution in [0.25, 0.3) is 0 Å². The predicted molar refractivity (Wildman–Crippen MR) is 72.1 cm³/mol. The first-order chi connectivity index (χ1) is 8.61. The van der Waals surface area contributed by atoms with Crippen molar-refractivity contribution in [3.05, 3.63) is 23.4 Å². The van der Waals surface area contributed by atoms with Crippen molar-refractivity contribution in [2.24, 2.45) is 16.8 Å². The van der Waals surface area contributed by atoms with E-state index in [1.54, 1.807) is 0 Å². The van der Waals surface area contributed by atoms with Crippen LogP contribution in [0.2, 0.25) is 0 Å². The minimum absolute atomic E-state index is 0.121. The molecule has 1 fully saturated rings. The maximum Gasteiger partial charge on any atom is 0.173 e. The van der Waals surface area contributed by atoms with E-state index in [4.69, 9.17) is 10.9 Å². The van der Waals surface area contributed by atoms with Crippen LogP contribution in [-0.2, 0) is 0 Å². The fraction of sp³-hybridized carbons (Fsp3) is 0.538. The van der Waals surface area contributed by atoms with Crippen molar-refractivity contribution in [1.82, 2.24) is 4.98 Å². The molecule has 0 amide bonds. The molecule has 0 aliphatic carbocycles. The molecule has 0 unspecified atom stereocenters. The van der Waals surface area contributed by atoms with Gasteiger partial charge in [-0.1, -0.05) is 12.1 Å². The van der Waals surface area contributed by atoms with Crippen molar-refractivity contribution in [2.45, 2.75) is 26.7 Å². The van der Waals surface area contributed by atoms with Crippen LogP contribution in [0.5, 0.6) is 0 Å². The van der Waals surface area contributed by atoms with Crippen LogP contribution in [0, 0.1) is 12.8 Å². The number of nitrogens with zero attached hydrogens (tertiary/aromatic N) is 3. The number of piperidine rings is 1. The molecule has 1 aliphatic heterocycles.